The molecule has 96 valence electrons. The lowest BCUT2D eigenvalue weighted by Gasteiger charge is -2.20. The first-order chi connectivity index (χ1) is 8.56. The summed E-state index contributed by atoms with van der Waals surface area (Å²) in [6.45, 7) is 1.09. The Bertz CT molecular complexity index is 481. The largest absolute Gasteiger partial charge is 0.478 e. The molecule has 2 rings (SSSR count). The van der Waals surface area contributed by atoms with Crippen LogP contribution in [0.15, 0.2) is 28.7 Å². The average Bonchev–Trinajstić information content (AvgIpc) is 3.10. The smallest absolute Gasteiger partial charge is 0.328 e. The molecule has 0 aliphatic heterocycles. The quantitative estimate of drug-likeness (QED) is 0.848. The molecular formula is C14H16BrNO2. The lowest BCUT2D eigenvalue weighted by atomic mass is 10.2. The third-order valence-corrected chi connectivity index (χ3v) is 3.67. The highest BCUT2D eigenvalue weighted by Crippen LogP contribution is 2.33. The molecule has 0 amide bonds. The number of nitrogens with zero attached hydrogens (tertiary/aromatic N) is 1. The molecule has 0 radical (unpaired) electrons. The maximum Gasteiger partial charge on any atom is 0.328 e. The number of halogens is 1. The first-order valence-corrected chi connectivity index (χ1v) is 6.77. The Balaban J connectivity index is 2.10. The highest BCUT2D eigenvalue weighted by atomic mass is 79.9. The summed E-state index contributed by atoms with van der Waals surface area (Å²) in [5.74, 6) is -0.0884. The van der Waals surface area contributed by atoms with Crippen LogP contribution in [0.5, 0.6) is 0 Å². The Hall–Kier alpha value is -1.29. The number of anilines is 1. The maximum absolute atomic E-state index is 10.5. The second kappa shape index (κ2) is 5.57. The minimum Gasteiger partial charge on any atom is -0.478 e. The second-order valence-corrected chi connectivity index (χ2v) is 5.56. The van der Waals surface area contributed by atoms with Crippen LogP contribution >= 0.6 is 15.9 Å². The normalized spacial score (nSPS) is 15.0. The van der Waals surface area contributed by atoms with Crippen LogP contribution in [0.1, 0.15) is 18.4 Å². The molecule has 0 spiro atoms. The summed E-state index contributed by atoms with van der Waals surface area (Å²) in [5.41, 5.74) is 2.03. The molecule has 1 aromatic rings. The van der Waals surface area contributed by atoms with Crippen LogP contribution in [0.25, 0.3) is 6.08 Å². The Morgan fingerprint density at radius 3 is 2.83 bits per heavy atom. The van der Waals surface area contributed by atoms with Crippen molar-refractivity contribution >= 4 is 33.7 Å². The van der Waals surface area contributed by atoms with Gasteiger partial charge in [0, 0.05) is 24.1 Å². The van der Waals surface area contributed by atoms with Gasteiger partial charge in [-0.05, 0) is 58.5 Å². The van der Waals surface area contributed by atoms with Crippen LogP contribution in [-0.4, -0.2) is 24.7 Å². The molecule has 1 saturated carbocycles. The monoisotopic (exact) mass is 309 g/mol. The molecular weight excluding hydrogens is 294 g/mol. The Kier molecular flexibility index (Phi) is 4.07. The predicted molar refractivity (Wildman–Crippen MR) is 76.8 cm³/mol. The molecule has 1 aliphatic carbocycles. The third-order valence-electron chi connectivity index (χ3n) is 3.03. The van der Waals surface area contributed by atoms with E-state index in [1.807, 2.05) is 18.2 Å². The third kappa shape index (κ3) is 3.60. The van der Waals surface area contributed by atoms with Gasteiger partial charge in [0.1, 0.15) is 0 Å². The van der Waals surface area contributed by atoms with E-state index in [1.165, 1.54) is 12.8 Å². The van der Waals surface area contributed by atoms with E-state index in [0.29, 0.717) is 0 Å². The Morgan fingerprint density at radius 2 is 2.28 bits per heavy atom. The van der Waals surface area contributed by atoms with Crippen molar-refractivity contribution in [1.82, 2.24) is 0 Å². The zero-order chi connectivity index (χ0) is 13.1. The fourth-order valence-corrected chi connectivity index (χ4v) is 2.59. The Labute approximate surface area is 115 Å². The van der Waals surface area contributed by atoms with E-state index in [2.05, 4.69) is 27.9 Å². The molecule has 0 heterocycles. The van der Waals surface area contributed by atoms with Crippen LogP contribution < -0.4 is 4.90 Å². The van der Waals surface area contributed by atoms with Crippen molar-refractivity contribution in [2.24, 2.45) is 5.92 Å². The highest BCUT2D eigenvalue weighted by molar-refractivity contribution is 9.10. The van der Waals surface area contributed by atoms with Crippen LogP contribution in [0.4, 0.5) is 5.69 Å². The van der Waals surface area contributed by atoms with E-state index < -0.39 is 5.97 Å². The molecule has 0 atom stereocenters. The topological polar surface area (TPSA) is 40.5 Å². The van der Waals surface area contributed by atoms with Crippen molar-refractivity contribution in [2.45, 2.75) is 12.8 Å². The van der Waals surface area contributed by atoms with E-state index in [1.54, 1.807) is 6.08 Å². The van der Waals surface area contributed by atoms with Crippen LogP contribution in [0.2, 0.25) is 0 Å². The number of aliphatic carboxylic acids is 1. The van der Waals surface area contributed by atoms with Crippen molar-refractivity contribution in [2.75, 3.05) is 18.5 Å². The number of hydrogen-bond donors (Lipinski definition) is 1. The summed E-state index contributed by atoms with van der Waals surface area (Å²) >= 11 is 3.54. The molecule has 0 bridgehead atoms. The van der Waals surface area contributed by atoms with Gasteiger partial charge in [-0.1, -0.05) is 6.07 Å². The van der Waals surface area contributed by atoms with Gasteiger partial charge in [0.05, 0.1) is 5.69 Å². The zero-order valence-corrected chi connectivity index (χ0v) is 11.9. The van der Waals surface area contributed by atoms with Crippen molar-refractivity contribution in [1.29, 1.82) is 0 Å². The fourth-order valence-electron chi connectivity index (χ4n) is 1.89. The number of hydrogen-bond acceptors (Lipinski definition) is 2. The van der Waals surface area contributed by atoms with Gasteiger partial charge in [-0.2, -0.15) is 0 Å². The summed E-state index contributed by atoms with van der Waals surface area (Å²) in [6, 6.07) is 5.90. The number of carbonyl (C=O) groups is 1. The van der Waals surface area contributed by atoms with Crippen molar-refractivity contribution in [3.63, 3.8) is 0 Å². The minimum absolute atomic E-state index is 0.841. The fraction of sp³-hybridized carbons (Fsp3) is 0.357. The summed E-state index contributed by atoms with van der Waals surface area (Å²) in [7, 11) is 2.09. The molecule has 18 heavy (non-hydrogen) atoms. The summed E-state index contributed by atoms with van der Waals surface area (Å²) in [6.07, 6.45) is 5.41. The van der Waals surface area contributed by atoms with Gasteiger partial charge in [-0.25, -0.2) is 4.79 Å². The second-order valence-electron chi connectivity index (χ2n) is 4.71. The molecule has 3 nitrogen and oxygen atoms in total. The first-order valence-electron chi connectivity index (χ1n) is 5.98. The molecule has 1 aromatic carbocycles. The lowest BCUT2D eigenvalue weighted by molar-refractivity contribution is -0.131. The van der Waals surface area contributed by atoms with E-state index in [9.17, 15) is 4.79 Å². The number of benzene rings is 1. The lowest BCUT2D eigenvalue weighted by Crippen LogP contribution is -2.20. The molecule has 1 N–H and O–H groups in total. The van der Waals surface area contributed by atoms with Crippen LogP contribution in [0.3, 0.4) is 0 Å². The van der Waals surface area contributed by atoms with E-state index in [4.69, 9.17) is 5.11 Å². The van der Waals surface area contributed by atoms with Gasteiger partial charge in [0.15, 0.2) is 0 Å². The number of carboxylic acids is 1. The number of carboxylic acid groups (broad SMARTS) is 1. The molecule has 4 heteroatoms. The molecule has 1 aliphatic rings. The van der Waals surface area contributed by atoms with Gasteiger partial charge in [0.25, 0.3) is 0 Å². The van der Waals surface area contributed by atoms with Crippen molar-refractivity contribution < 1.29 is 9.90 Å². The SMILES string of the molecule is CN(CC1CC1)c1ccc(/C=C/C(=O)O)cc1Br. The molecule has 0 aromatic heterocycles. The highest BCUT2D eigenvalue weighted by Gasteiger charge is 2.23. The summed E-state index contributed by atoms with van der Waals surface area (Å²) in [4.78, 5) is 12.7. The van der Waals surface area contributed by atoms with Crippen LogP contribution in [-0.2, 0) is 4.79 Å². The van der Waals surface area contributed by atoms with E-state index in [-0.39, 0.29) is 0 Å². The first kappa shape index (κ1) is 13.1. The maximum atomic E-state index is 10.5. The standard InChI is InChI=1S/C14H16BrNO2/c1-16(9-11-2-3-11)13-6-4-10(8-12(13)15)5-7-14(17)18/h4-8,11H,2-3,9H2,1H3,(H,17,18)/b7-5+. The summed E-state index contributed by atoms with van der Waals surface area (Å²) in [5, 5.41) is 8.59. The minimum atomic E-state index is -0.930. The van der Waals surface area contributed by atoms with Gasteiger partial charge in [0.2, 0.25) is 0 Å². The predicted octanol–water partition coefficient (Wildman–Crippen LogP) is 3.39. The zero-order valence-electron chi connectivity index (χ0n) is 10.3. The number of rotatable bonds is 5. The van der Waals surface area contributed by atoms with Crippen molar-refractivity contribution in [3.8, 4) is 0 Å². The summed E-state index contributed by atoms with van der Waals surface area (Å²) < 4.78 is 0.998. The molecule has 0 unspecified atom stereocenters. The van der Waals surface area contributed by atoms with Gasteiger partial charge in [-0.3, -0.25) is 0 Å². The molecule has 0 saturated heterocycles. The van der Waals surface area contributed by atoms with E-state index in [0.717, 1.165) is 34.3 Å². The van der Waals surface area contributed by atoms with Gasteiger partial charge < -0.3 is 10.0 Å². The van der Waals surface area contributed by atoms with Gasteiger partial charge >= 0.3 is 5.97 Å². The van der Waals surface area contributed by atoms with Gasteiger partial charge in [-0.15, -0.1) is 0 Å². The van der Waals surface area contributed by atoms with E-state index >= 15 is 0 Å². The average molecular weight is 310 g/mol. The van der Waals surface area contributed by atoms with Crippen molar-refractivity contribution in [3.05, 3.63) is 34.3 Å². The Morgan fingerprint density at radius 1 is 1.56 bits per heavy atom. The molecule has 1 fully saturated rings. The van der Waals surface area contributed by atoms with Crippen LogP contribution in [0, 0.1) is 5.92 Å².